The van der Waals surface area contributed by atoms with Gasteiger partial charge in [-0.25, -0.2) is 4.79 Å². The van der Waals surface area contributed by atoms with E-state index in [1.807, 2.05) is 0 Å². The summed E-state index contributed by atoms with van der Waals surface area (Å²) in [4.78, 5) is 59.2. The third-order valence-corrected chi connectivity index (χ3v) is 5.08. The van der Waals surface area contributed by atoms with Crippen LogP contribution in [0.25, 0.3) is 6.08 Å². The van der Waals surface area contributed by atoms with Crippen LogP contribution in [0.4, 0.5) is 10.5 Å². The summed E-state index contributed by atoms with van der Waals surface area (Å²) in [5.41, 5.74) is 0.578. The number of hydrogen-bond acceptors (Lipinski definition) is 9. The molecule has 2 amide bonds. The zero-order valence-corrected chi connectivity index (χ0v) is 17.5. The van der Waals surface area contributed by atoms with E-state index in [-0.39, 0.29) is 28.5 Å². The van der Waals surface area contributed by atoms with Crippen molar-refractivity contribution in [1.82, 2.24) is 4.90 Å². The molecule has 11 heteroatoms. The van der Waals surface area contributed by atoms with Crippen LogP contribution in [0.5, 0.6) is 5.75 Å². The van der Waals surface area contributed by atoms with Crippen molar-refractivity contribution in [3.05, 3.63) is 74.7 Å². The first-order chi connectivity index (χ1) is 15.3. The normalized spacial score (nSPS) is 14.5. The number of esters is 2. The minimum Gasteiger partial charge on any atom is -0.465 e. The van der Waals surface area contributed by atoms with E-state index in [0.29, 0.717) is 17.3 Å². The molecule has 0 saturated carbocycles. The van der Waals surface area contributed by atoms with Crippen LogP contribution in [-0.4, -0.2) is 46.1 Å². The van der Waals surface area contributed by atoms with Crippen molar-refractivity contribution in [2.24, 2.45) is 0 Å². The van der Waals surface area contributed by atoms with Crippen LogP contribution in [0.1, 0.15) is 22.8 Å². The number of imide groups is 1. The van der Waals surface area contributed by atoms with Gasteiger partial charge in [0.1, 0.15) is 12.3 Å². The van der Waals surface area contributed by atoms with Gasteiger partial charge in [-0.05, 0) is 54.6 Å². The summed E-state index contributed by atoms with van der Waals surface area (Å²) in [6.45, 7) is 1.32. The molecule has 2 aromatic rings. The Balaban J connectivity index is 1.65. The van der Waals surface area contributed by atoms with Crippen molar-refractivity contribution in [3.8, 4) is 5.75 Å². The lowest BCUT2D eigenvalue weighted by molar-refractivity contribution is -0.384. The number of nitro benzene ring substituents is 1. The predicted octanol–water partition coefficient (Wildman–Crippen LogP) is 3.41. The summed E-state index contributed by atoms with van der Waals surface area (Å²) in [5, 5.41) is 10.1. The van der Waals surface area contributed by atoms with E-state index >= 15 is 0 Å². The molecule has 164 valence electrons. The SMILES string of the molecule is CCOC(=O)CN1C(=O)S/C(=C\c2ccc(OC(=O)c3ccc([N+](=O)[O-])cc3)cc2)C1=O. The molecule has 10 nitrogen and oxygen atoms in total. The number of ether oxygens (including phenoxy) is 2. The van der Waals surface area contributed by atoms with Gasteiger partial charge in [-0.1, -0.05) is 12.1 Å². The molecule has 0 atom stereocenters. The third-order valence-electron chi connectivity index (χ3n) is 4.17. The maximum absolute atomic E-state index is 12.4. The highest BCUT2D eigenvalue weighted by Crippen LogP contribution is 2.32. The molecular weight excluding hydrogens is 440 g/mol. The Labute approximate surface area is 185 Å². The van der Waals surface area contributed by atoms with Crippen molar-refractivity contribution in [3.63, 3.8) is 0 Å². The zero-order chi connectivity index (χ0) is 23.3. The number of nitro groups is 1. The number of nitrogens with zero attached hydrogens (tertiary/aromatic N) is 2. The summed E-state index contributed by atoms with van der Waals surface area (Å²) in [7, 11) is 0. The first-order valence-corrected chi connectivity index (χ1v) is 10.1. The number of non-ortho nitro benzene ring substituents is 1. The topological polar surface area (TPSA) is 133 Å². The van der Waals surface area contributed by atoms with E-state index in [0.717, 1.165) is 4.90 Å². The number of carbonyl (C=O) groups is 4. The quantitative estimate of drug-likeness (QED) is 0.202. The number of benzene rings is 2. The Kier molecular flexibility index (Phi) is 7.00. The highest BCUT2D eigenvalue weighted by molar-refractivity contribution is 8.18. The van der Waals surface area contributed by atoms with Crippen LogP contribution < -0.4 is 4.74 Å². The van der Waals surface area contributed by atoms with Gasteiger partial charge in [-0.15, -0.1) is 0 Å². The standard InChI is InChI=1S/C21H16N2O8S/c1-2-30-18(24)12-22-19(25)17(32-21(22)27)11-13-3-9-16(10-4-13)31-20(26)14-5-7-15(8-6-14)23(28)29/h3-11H,2,12H2,1H3/b17-11-. The lowest BCUT2D eigenvalue weighted by Crippen LogP contribution is -2.34. The van der Waals surface area contributed by atoms with Gasteiger partial charge < -0.3 is 9.47 Å². The van der Waals surface area contributed by atoms with E-state index in [2.05, 4.69) is 0 Å². The maximum Gasteiger partial charge on any atom is 0.343 e. The molecule has 2 aromatic carbocycles. The zero-order valence-electron chi connectivity index (χ0n) is 16.7. The van der Waals surface area contributed by atoms with Crippen molar-refractivity contribution in [2.75, 3.05) is 13.2 Å². The average molecular weight is 456 g/mol. The Hall–Kier alpha value is -3.99. The average Bonchev–Trinajstić information content (AvgIpc) is 3.02. The fourth-order valence-electron chi connectivity index (χ4n) is 2.64. The minimum absolute atomic E-state index is 0.141. The fourth-order valence-corrected chi connectivity index (χ4v) is 3.48. The predicted molar refractivity (Wildman–Crippen MR) is 114 cm³/mol. The molecule has 1 heterocycles. The molecule has 0 N–H and O–H groups in total. The summed E-state index contributed by atoms with van der Waals surface area (Å²) >= 11 is 0.709. The Morgan fingerprint density at radius 2 is 1.75 bits per heavy atom. The van der Waals surface area contributed by atoms with Gasteiger partial charge in [0.05, 0.1) is 22.0 Å². The van der Waals surface area contributed by atoms with E-state index < -0.39 is 34.6 Å². The molecule has 1 aliphatic heterocycles. The third kappa shape index (κ3) is 5.38. The van der Waals surface area contributed by atoms with Crippen LogP contribution in [0, 0.1) is 10.1 Å². The molecule has 1 saturated heterocycles. The van der Waals surface area contributed by atoms with Crippen LogP contribution in [0.2, 0.25) is 0 Å². The monoisotopic (exact) mass is 456 g/mol. The Morgan fingerprint density at radius 1 is 1.09 bits per heavy atom. The van der Waals surface area contributed by atoms with E-state index in [1.54, 1.807) is 19.1 Å². The number of thioether (sulfide) groups is 1. The number of amides is 2. The summed E-state index contributed by atoms with van der Waals surface area (Å²) in [6.07, 6.45) is 1.48. The lowest BCUT2D eigenvalue weighted by atomic mass is 10.2. The van der Waals surface area contributed by atoms with Gasteiger partial charge in [0.2, 0.25) is 0 Å². The first kappa shape index (κ1) is 22.7. The largest absolute Gasteiger partial charge is 0.465 e. The fraction of sp³-hybridized carbons (Fsp3) is 0.143. The van der Waals surface area contributed by atoms with Gasteiger partial charge in [-0.2, -0.15) is 0 Å². The van der Waals surface area contributed by atoms with Crippen molar-refractivity contribution in [1.29, 1.82) is 0 Å². The van der Waals surface area contributed by atoms with Gasteiger partial charge in [0.25, 0.3) is 16.8 Å². The molecule has 32 heavy (non-hydrogen) atoms. The molecule has 3 rings (SSSR count). The summed E-state index contributed by atoms with van der Waals surface area (Å²) < 4.78 is 9.99. The van der Waals surface area contributed by atoms with Crippen molar-refractivity contribution < 1.29 is 33.6 Å². The molecular formula is C21H16N2O8S. The van der Waals surface area contributed by atoms with E-state index in [1.165, 1.54) is 42.5 Å². The maximum atomic E-state index is 12.4. The van der Waals surface area contributed by atoms with Gasteiger partial charge >= 0.3 is 11.9 Å². The summed E-state index contributed by atoms with van der Waals surface area (Å²) in [5.74, 6) is -1.73. The highest BCUT2D eigenvalue weighted by Gasteiger charge is 2.36. The van der Waals surface area contributed by atoms with E-state index in [4.69, 9.17) is 9.47 Å². The second-order valence-electron chi connectivity index (χ2n) is 6.34. The van der Waals surface area contributed by atoms with Gasteiger partial charge in [-0.3, -0.25) is 29.4 Å². The minimum atomic E-state index is -0.687. The smallest absolute Gasteiger partial charge is 0.343 e. The molecule has 0 bridgehead atoms. The second-order valence-corrected chi connectivity index (χ2v) is 7.33. The van der Waals surface area contributed by atoms with Crippen LogP contribution >= 0.6 is 11.8 Å². The number of rotatable bonds is 7. The molecule has 0 aliphatic carbocycles. The Bertz CT molecular complexity index is 1110. The summed E-state index contributed by atoms with van der Waals surface area (Å²) in [6, 6.07) is 11.2. The number of carbonyl (C=O) groups excluding carboxylic acids is 4. The van der Waals surface area contributed by atoms with Crippen molar-refractivity contribution >= 4 is 46.6 Å². The van der Waals surface area contributed by atoms with Crippen LogP contribution in [-0.2, 0) is 14.3 Å². The van der Waals surface area contributed by atoms with Gasteiger partial charge in [0.15, 0.2) is 0 Å². The van der Waals surface area contributed by atoms with Crippen LogP contribution in [0.3, 0.4) is 0 Å². The number of hydrogen-bond donors (Lipinski definition) is 0. The highest BCUT2D eigenvalue weighted by atomic mass is 32.2. The lowest BCUT2D eigenvalue weighted by Gasteiger charge is -2.10. The van der Waals surface area contributed by atoms with E-state index in [9.17, 15) is 29.3 Å². The van der Waals surface area contributed by atoms with Crippen molar-refractivity contribution in [2.45, 2.75) is 6.92 Å². The first-order valence-electron chi connectivity index (χ1n) is 9.26. The second kappa shape index (κ2) is 9.88. The van der Waals surface area contributed by atoms with Gasteiger partial charge in [0, 0.05) is 12.1 Å². The Morgan fingerprint density at radius 3 is 2.34 bits per heavy atom. The molecule has 0 aromatic heterocycles. The molecule has 1 aliphatic rings. The molecule has 1 fully saturated rings. The molecule has 0 spiro atoms. The molecule has 0 unspecified atom stereocenters. The van der Waals surface area contributed by atoms with Crippen LogP contribution in [0.15, 0.2) is 53.4 Å². The molecule has 0 radical (unpaired) electrons.